The summed E-state index contributed by atoms with van der Waals surface area (Å²) in [6.07, 6.45) is 6.84. The largest absolute Gasteiger partial charge is 0.396 e. The molecule has 0 heterocycles. The summed E-state index contributed by atoms with van der Waals surface area (Å²) in [5, 5.41) is 42.8. The SMILES string of the molecule is CC(CO)C1(O)CCC2C3CCC4CC(O)CCC4(C)C3C(O)CC21C. The van der Waals surface area contributed by atoms with Crippen LogP contribution >= 0.6 is 0 Å². The van der Waals surface area contributed by atoms with E-state index in [2.05, 4.69) is 13.8 Å². The Morgan fingerprint density at radius 3 is 2.46 bits per heavy atom. The van der Waals surface area contributed by atoms with E-state index in [9.17, 15) is 20.4 Å². The van der Waals surface area contributed by atoms with Gasteiger partial charge in [0.2, 0.25) is 0 Å². The van der Waals surface area contributed by atoms with Crippen molar-refractivity contribution in [2.24, 2.45) is 40.4 Å². The van der Waals surface area contributed by atoms with Crippen molar-refractivity contribution >= 4 is 0 Å². The summed E-state index contributed by atoms with van der Waals surface area (Å²) >= 11 is 0. The van der Waals surface area contributed by atoms with Crippen LogP contribution in [-0.4, -0.2) is 44.8 Å². The van der Waals surface area contributed by atoms with Gasteiger partial charge in [0.25, 0.3) is 0 Å². The Labute approximate surface area is 158 Å². The summed E-state index contributed by atoms with van der Waals surface area (Å²) < 4.78 is 0. The quantitative estimate of drug-likeness (QED) is 0.606. The Kier molecular flexibility index (Phi) is 4.55. The second-order valence-corrected chi connectivity index (χ2v) is 10.7. The fourth-order valence-corrected chi connectivity index (χ4v) is 8.36. The molecule has 4 fully saturated rings. The second-order valence-electron chi connectivity index (χ2n) is 10.7. The Morgan fingerprint density at radius 1 is 1.04 bits per heavy atom. The number of hydrogen-bond acceptors (Lipinski definition) is 4. The molecule has 0 aromatic rings. The minimum atomic E-state index is -0.876. The molecule has 0 amide bonds. The van der Waals surface area contributed by atoms with Gasteiger partial charge in [-0.05, 0) is 80.5 Å². The Morgan fingerprint density at radius 2 is 1.77 bits per heavy atom. The molecule has 4 heteroatoms. The average Bonchev–Trinajstić information content (AvgIpc) is 2.86. The molecule has 4 saturated carbocycles. The van der Waals surface area contributed by atoms with Crippen LogP contribution in [0.2, 0.25) is 0 Å². The first-order valence-corrected chi connectivity index (χ1v) is 10.9. The molecule has 0 aromatic heterocycles. The van der Waals surface area contributed by atoms with E-state index in [0.29, 0.717) is 30.1 Å². The predicted molar refractivity (Wildman–Crippen MR) is 100 cm³/mol. The van der Waals surface area contributed by atoms with Crippen molar-refractivity contribution in [1.29, 1.82) is 0 Å². The van der Waals surface area contributed by atoms with E-state index in [4.69, 9.17) is 0 Å². The van der Waals surface area contributed by atoms with Crippen molar-refractivity contribution in [3.8, 4) is 0 Å². The lowest BCUT2D eigenvalue weighted by Gasteiger charge is -2.63. The van der Waals surface area contributed by atoms with Crippen molar-refractivity contribution in [1.82, 2.24) is 0 Å². The standard InChI is InChI=1S/C22H38O4/c1-13(12-23)22(26)9-7-17-16-5-4-14-10-15(24)6-8-20(14,2)19(16)18(25)11-21(17,22)3/h13-19,23-26H,4-12H2,1-3H3. The Bertz CT molecular complexity index is 552. The van der Waals surface area contributed by atoms with Gasteiger partial charge < -0.3 is 20.4 Å². The van der Waals surface area contributed by atoms with Gasteiger partial charge in [0.15, 0.2) is 0 Å². The van der Waals surface area contributed by atoms with E-state index in [-0.39, 0.29) is 35.6 Å². The number of aliphatic hydroxyl groups is 4. The second kappa shape index (κ2) is 6.17. The molecule has 0 aliphatic heterocycles. The molecule has 26 heavy (non-hydrogen) atoms. The average molecular weight is 367 g/mol. The molecule has 4 aliphatic carbocycles. The summed E-state index contributed by atoms with van der Waals surface area (Å²) in [5.41, 5.74) is -1.07. The molecule has 4 nitrogen and oxygen atoms in total. The first-order chi connectivity index (χ1) is 12.2. The maximum atomic E-state index is 11.5. The van der Waals surface area contributed by atoms with Crippen LogP contribution in [0.25, 0.3) is 0 Å². The van der Waals surface area contributed by atoms with Crippen LogP contribution in [0.1, 0.15) is 72.1 Å². The fourth-order valence-electron chi connectivity index (χ4n) is 8.36. The van der Waals surface area contributed by atoms with Crippen LogP contribution in [0, 0.1) is 40.4 Å². The highest BCUT2D eigenvalue weighted by molar-refractivity contribution is 5.17. The number of hydrogen-bond donors (Lipinski definition) is 4. The molecule has 10 atom stereocenters. The lowest BCUT2D eigenvalue weighted by molar-refractivity contribution is -0.212. The van der Waals surface area contributed by atoms with Gasteiger partial charge in [0, 0.05) is 17.9 Å². The number of fused-ring (bicyclic) bond motifs is 5. The van der Waals surface area contributed by atoms with Crippen molar-refractivity contribution < 1.29 is 20.4 Å². The van der Waals surface area contributed by atoms with Crippen molar-refractivity contribution in [3.05, 3.63) is 0 Å². The summed E-state index contributed by atoms with van der Waals surface area (Å²) in [4.78, 5) is 0. The van der Waals surface area contributed by atoms with Gasteiger partial charge in [0.05, 0.1) is 17.8 Å². The maximum Gasteiger partial charge on any atom is 0.0752 e. The molecule has 0 aromatic carbocycles. The molecular weight excluding hydrogens is 328 g/mol. The van der Waals surface area contributed by atoms with Gasteiger partial charge in [-0.2, -0.15) is 0 Å². The minimum absolute atomic E-state index is 0.000673. The van der Waals surface area contributed by atoms with Crippen LogP contribution < -0.4 is 0 Å². The zero-order valence-electron chi connectivity index (χ0n) is 16.7. The van der Waals surface area contributed by atoms with Gasteiger partial charge in [-0.3, -0.25) is 0 Å². The highest BCUT2D eigenvalue weighted by Gasteiger charge is 2.67. The summed E-state index contributed by atoms with van der Waals surface area (Å²) in [5.74, 6) is 1.54. The first-order valence-electron chi connectivity index (χ1n) is 10.9. The van der Waals surface area contributed by atoms with E-state index in [1.807, 2.05) is 6.92 Å². The topological polar surface area (TPSA) is 80.9 Å². The molecule has 0 radical (unpaired) electrons. The monoisotopic (exact) mass is 366 g/mol. The number of rotatable bonds is 2. The lowest BCUT2D eigenvalue weighted by atomic mass is 9.43. The summed E-state index contributed by atoms with van der Waals surface area (Å²) in [7, 11) is 0. The van der Waals surface area contributed by atoms with Crippen LogP contribution in [0.3, 0.4) is 0 Å². The van der Waals surface area contributed by atoms with Crippen LogP contribution in [-0.2, 0) is 0 Å². The predicted octanol–water partition coefficient (Wildman–Crippen LogP) is 2.72. The molecule has 4 aliphatic rings. The van der Waals surface area contributed by atoms with Crippen molar-refractivity contribution in [3.63, 3.8) is 0 Å². The van der Waals surface area contributed by atoms with Gasteiger partial charge in [-0.15, -0.1) is 0 Å². The van der Waals surface area contributed by atoms with Gasteiger partial charge in [-0.25, -0.2) is 0 Å². The van der Waals surface area contributed by atoms with Gasteiger partial charge >= 0.3 is 0 Å². The zero-order valence-corrected chi connectivity index (χ0v) is 16.7. The third-order valence-corrected chi connectivity index (χ3v) is 9.87. The Hall–Kier alpha value is -0.160. The fraction of sp³-hybridized carbons (Fsp3) is 1.00. The molecule has 4 N–H and O–H groups in total. The van der Waals surface area contributed by atoms with E-state index in [1.54, 1.807) is 0 Å². The molecule has 4 rings (SSSR count). The smallest absolute Gasteiger partial charge is 0.0752 e. The maximum absolute atomic E-state index is 11.5. The van der Waals surface area contributed by atoms with Crippen LogP contribution in [0.4, 0.5) is 0 Å². The molecular formula is C22H38O4. The molecule has 0 bridgehead atoms. The third-order valence-electron chi connectivity index (χ3n) is 9.87. The van der Waals surface area contributed by atoms with Crippen LogP contribution in [0.5, 0.6) is 0 Å². The normalized spacial score (nSPS) is 57.8. The van der Waals surface area contributed by atoms with Crippen molar-refractivity contribution in [2.75, 3.05) is 6.61 Å². The highest BCUT2D eigenvalue weighted by atomic mass is 16.3. The minimum Gasteiger partial charge on any atom is -0.396 e. The van der Waals surface area contributed by atoms with E-state index >= 15 is 0 Å². The molecule has 0 spiro atoms. The first kappa shape index (κ1) is 19.2. The number of aliphatic hydroxyl groups excluding tert-OH is 3. The lowest BCUT2D eigenvalue weighted by Crippen LogP contribution is -2.62. The summed E-state index contributed by atoms with van der Waals surface area (Å²) in [6, 6.07) is 0. The molecule has 10 unspecified atom stereocenters. The van der Waals surface area contributed by atoms with Gasteiger partial charge in [-0.1, -0.05) is 20.8 Å². The van der Waals surface area contributed by atoms with Crippen molar-refractivity contribution in [2.45, 2.75) is 89.9 Å². The molecule has 0 saturated heterocycles. The van der Waals surface area contributed by atoms with Gasteiger partial charge in [0.1, 0.15) is 0 Å². The van der Waals surface area contributed by atoms with Crippen LogP contribution in [0.15, 0.2) is 0 Å². The third kappa shape index (κ3) is 2.34. The van der Waals surface area contributed by atoms with E-state index in [1.165, 1.54) is 0 Å². The summed E-state index contributed by atoms with van der Waals surface area (Å²) in [6.45, 7) is 6.49. The highest BCUT2D eigenvalue weighted by Crippen LogP contribution is 2.69. The van der Waals surface area contributed by atoms with E-state index in [0.717, 1.165) is 44.9 Å². The zero-order chi connectivity index (χ0) is 18.9. The Balaban J connectivity index is 1.68. The molecule has 150 valence electrons. The van der Waals surface area contributed by atoms with E-state index < -0.39 is 5.60 Å².